The average molecular weight is 381 g/mol. The van der Waals surface area contributed by atoms with Gasteiger partial charge in [0.2, 0.25) is 5.91 Å². The van der Waals surface area contributed by atoms with Crippen LogP contribution in [0.3, 0.4) is 0 Å². The minimum Gasteiger partial charge on any atom is -0.323 e. The van der Waals surface area contributed by atoms with Crippen molar-refractivity contribution in [2.45, 2.75) is 6.42 Å². The summed E-state index contributed by atoms with van der Waals surface area (Å²) in [7, 11) is 0. The van der Waals surface area contributed by atoms with Crippen molar-refractivity contribution in [3.8, 4) is 10.6 Å². The highest BCUT2D eigenvalue weighted by molar-refractivity contribution is 7.13. The van der Waals surface area contributed by atoms with Gasteiger partial charge in [0.15, 0.2) is 0 Å². The van der Waals surface area contributed by atoms with Gasteiger partial charge in [0, 0.05) is 21.0 Å². The van der Waals surface area contributed by atoms with Gasteiger partial charge in [-0.05, 0) is 30.3 Å². The van der Waals surface area contributed by atoms with Crippen molar-refractivity contribution in [3.05, 3.63) is 69.4 Å². The van der Waals surface area contributed by atoms with Gasteiger partial charge >= 0.3 is 0 Å². The maximum Gasteiger partial charge on any atom is 0.230 e. The molecule has 0 bridgehead atoms. The van der Waals surface area contributed by atoms with Crippen LogP contribution in [0.5, 0.6) is 0 Å². The molecule has 122 valence electrons. The number of hydrogen-bond acceptors (Lipinski definition) is 3. The number of nitrogens with zero attached hydrogens (tertiary/aromatic N) is 1. The SMILES string of the molecule is O=C(Cc1csc(-c2cccc(Cl)c2)n1)Nc1ccc(Cl)cc1F. The molecule has 1 aromatic heterocycles. The van der Waals surface area contributed by atoms with Crippen molar-refractivity contribution in [1.82, 2.24) is 4.98 Å². The number of carbonyl (C=O) groups is 1. The zero-order valence-corrected chi connectivity index (χ0v) is 14.6. The predicted molar refractivity (Wildman–Crippen MR) is 96.3 cm³/mol. The summed E-state index contributed by atoms with van der Waals surface area (Å²) in [4.78, 5) is 16.5. The van der Waals surface area contributed by atoms with Crippen LogP contribution in [-0.2, 0) is 11.2 Å². The second-order valence-electron chi connectivity index (χ2n) is 5.00. The highest BCUT2D eigenvalue weighted by Gasteiger charge is 2.11. The first-order valence-corrected chi connectivity index (χ1v) is 8.60. The highest BCUT2D eigenvalue weighted by Crippen LogP contribution is 2.26. The summed E-state index contributed by atoms with van der Waals surface area (Å²) in [6.07, 6.45) is 0.0547. The van der Waals surface area contributed by atoms with Gasteiger partial charge in [0.25, 0.3) is 0 Å². The number of hydrogen-bond donors (Lipinski definition) is 1. The van der Waals surface area contributed by atoms with Crippen LogP contribution in [0.15, 0.2) is 47.8 Å². The van der Waals surface area contributed by atoms with E-state index in [1.165, 1.54) is 23.5 Å². The van der Waals surface area contributed by atoms with Crippen LogP contribution in [0.4, 0.5) is 10.1 Å². The highest BCUT2D eigenvalue weighted by atomic mass is 35.5. The number of aromatic nitrogens is 1. The van der Waals surface area contributed by atoms with Crippen molar-refractivity contribution in [2.75, 3.05) is 5.32 Å². The molecular weight excluding hydrogens is 370 g/mol. The Balaban J connectivity index is 1.69. The van der Waals surface area contributed by atoms with E-state index >= 15 is 0 Å². The quantitative estimate of drug-likeness (QED) is 0.654. The molecule has 7 heteroatoms. The molecule has 0 aliphatic carbocycles. The van der Waals surface area contributed by atoms with Crippen LogP contribution in [0.1, 0.15) is 5.69 Å². The van der Waals surface area contributed by atoms with E-state index in [4.69, 9.17) is 23.2 Å². The molecule has 0 unspecified atom stereocenters. The van der Waals surface area contributed by atoms with Gasteiger partial charge in [-0.2, -0.15) is 0 Å². The van der Waals surface area contributed by atoms with Crippen LogP contribution in [0.2, 0.25) is 10.0 Å². The number of benzene rings is 2. The molecule has 0 spiro atoms. The van der Waals surface area contributed by atoms with E-state index in [-0.39, 0.29) is 23.0 Å². The molecule has 3 rings (SSSR count). The van der Waals surface area contributed by atoms with E-state index in [2.05, 4.69) is 10.3 Å². The molecule has 1 amide bonds. The fourth-order valence-corrected chi connectivity index (χ4v) is 3.26. The lowest BCUT2D eigenvalue weighted by atomic mass is 10.2. The van der Waals surface area contributed by atoms with Gasteiger partial charge in [-0.25, -0.2) is 9.37 Å². The Labute approximate surface area is 152 Å². The molecule has 1 heterocycles. The second kappa shape index (κ2) is 7.30. The van der Waals surface area contributed by atoms with Crippen LogP contribution in [0, 0.1) is 5.82 Å². The first-order valence-electron chi connectivity index (χ1n) is 6.96. The standard InChI is InChI=1S/C17H11Cl2FN2OS/c18-11-3-1-2-10(6-11)17-21-13(9-24-17)8-16(23)22-15-5-4-12(19)7-14(15)20/h1-7,9H,8H2,(H,22,23). The molecule has 0 aliphatic rings. The number of nitrogens with one attached hydrogen (secondary N) is 1. The molecule has 0 fully saturated rings. The van der Waals surface area contributed by atoms with E-state index in [1.807, 2.05) is 18.2 Å². The molecule has 3 aromatic rings. The first-order chi connectivity index (χ1) is 11.5. The van der Waals surface area contributed by atoms with Crippen molar-refractivity contribution >= 4 is 46.1 Å². The van der Waals surface area contributed by atoms with Crippen LogP contribution < -0.4 is 5.32 Å². The topological polar surface area (TPSA) is 42.0 Å². The normalized spacial score (nSPS) is 10.6. The zero-order valence-electron chi connectivity index (χ0n) is 12.2. The number of rotatable bonds is 4. The summed E-state index contributed by atoms with van der Waals surface area (Å²) in [5, 5.41) is 5.99. The summed E-state index contributed by atoms with van der Waals surface area (Å²) >= 11 is 13.1. The van der Waals surface area contributed by atoms with E-state index in [0.717, 1.165) is 16.6 Å². The van der Waals surface area contributed by atoms with Gasteiger partial charge < -0.3 is 5.32 Å². The van der Waals surface area contributed by atoms with Crippen LogP contribution >= 0.6 is 34.5 Å². The Morgan fingerprint density at radius 3 is 2.71 bits per heavy atom. The minimum atomic E-state index is -0.575. The van der Waals surface area contributed by atoms with Gasteiger partial charge in [-0.3, -0.25) is 4.79 Å². The van der Waals surface area contributed by atoms with Crippen molar-refractivity contribution < 1.29 is 9.18 Å². The Hall–Kier alpha value is -1.95. The third kappa shape index (κ3) is 4.12. The molecule has 24 heavy (non-hydrogen) atoms. The first kappa shape index (κ1) is 16.9. The van der Waals surface area contributed by atoms with E-state index < -0.39 is 5.82 Å². The Bertz CT molecular complexity index is 898. The number of amides is 1. The Morgan fingerprint density at radius 1 is 1.17 bits per heavy atom. The molecule has 2 aromatic carbocycles. The molecule has 3 nitrogen and oxygen atoms in total. The smallest absolute Gasteiger partial charge is 0.230 e. The fraction of sp³-hybridized carbons (Fsp3) is 0.0588. The Kier molecular flexibility index (Phi) is 5.14. The molecule has 1 N–H and O–H groups in total. The van der Waals surface area contributed by atoms with Gasteiger partial charge in [-0.15, -0.1) is 11.3 Å². The number of thiazole rings is 1. The lowest BCUT2D eigenvalue weighted by Gasteiger charge is -2.05. The fourth-order valence-electron chi connectivity index (χ4n) is 2.09. The second-order valence-corrected chi connectivity index (χ2v) is 6.73. The average Bonchev–Trinajstić information content (AvgIpc) is 2.98. The van der Waals surface area contributed by atoms with E-state index in [1.54, 1.807) is 11.4 Å². The van der Waals surface area contributed by atoms with Gasteiger partial charge in [0.05, 0.1) is 17.8 Å². The molecule has 0 aliphatic heterocycles. The zero-order chi connectivity index (χ0) is 17.1. The summed E-state index contributed by atoms with van der Waals surface area (Å²) in [6, 6.07) is 11.4. The minimum absolute atomic E-state index is 0.0547. The molecule has 0 saturated heterocycles. The van der Waals surface area contributed by atoms with Gasteiger partial charge in [-0.1, -0.05) is 35.3 Å². The lowest BCUT2D eigenvalue weighted by molar-refractivity contribution is -0.115. The number of carbonyl (C=O) groups excluding carboxylic acids is 1. The van der Waals surface area contributed by atoms with Crippen LogP contribution in [0.25, 0.3) is 10.6 Å². The van der Waals surface area contributed by atoms with Crippen LogP contribution in [-0.4, -0.2) is 10.9 Å². The summed E-state index contributed by atoms with van der Waals surface area (Å²) in [6.45, 7) is 0. The van der Waals surface area contributed by atoms with Crippen molar-refractivity contribution in [3.63, 3.8) is 0 Å². The Morgan fingerprint density at radius 2 is 1.96 bits per heavy atom. The summed E-state index contributed by atoms with van der Waals surface area (Å²) < 4.78 is 13.7. The summed E-state index contributed by atoms with van der Waals surface area (Å²) in [5.74, 6) is -0.923. The molecule has 0 radical (unpaired) electrons. The van der Waals surface area contributed by atoms with Crippen molar-refractivity contribution in [2.24, 2.45) is 0 Å². The predicted octanol–water partition coefficient (Wildman–Crippen LogP) is 5.44. The number of anilines is 1. The molecular formula is C17H11Cl2FN2OS. The third-order valence-corrected chi connectivity index (χ3v) is 4.58. The van der Waals surface area contributed by atoms with Crippen molar-refractivity contribution in [1.29, 1.82) is 0 Å². The number of halogens is 3. The van der Waals surface area contributed by atoms with Gasteiger partial charge in [0.1, 0.15) is 10.8 Å². The third-order valence-electron chi connectivity index (χ3n) is 3.17. The maximum absolute atomic E-state index is 13.7. The monoisotopic (exact) mass is 380 g/mol. The van der Waals surface area contributed by atoms with E-state index in [9.17, 15) is 9.18 Å². The molecule has 0 atom stereocenters. The van der Waals surface area contributed by atoms with E-state index in [0.29, 0.717) is 10.7 Å². The molecule has 0 saturated carbocycles. The largest absolute Gasteiger partial charge is 0.323 e. The lowest BCUT2D eigenvalue weighted by Crippen LogP contribution is -2.15. The maximum atomic E-state index is 13.7. The summed E-state index contributed by atoms with van der Waals surface area (Å²) in [5.41, 5.74) is 1.60.